The Morgan fingerprint density at radius 1 is 1.00 bits per heavy atom. The second kappa shape index (κ2) is 7.81. The molecular weight excluding hydrogens is 262 g/mol. The highest BCUT2D eigenvalue weighted by atomic mass is 16.5. The highest BCUT2D eigenvalue weighted by molar-refractivity contribution is 5.29. The van der Waals surface area contributed by atoms with Gasteiger partial charge in [-0.05, 0) is 37.2 Å². The van der Waals surface area contributed by atoms with Crippen molar-refractivity contribution < 1.29 is 9.47 Å². The van der Waals surface area contributed by atoms with E-state index in [1.807, 2.05) is 37.4 Å². The quantitative estimate of drug-likeness (QED) is 0.843. The molecule has 0 radical (unpaired) electrons. The number of methoxy groups -OCH3 is 1. The smallest absolute Gasteiger partial charge is 0.118 e. The Labute approximate surface area is 126 Å². The zero-order valence-corrected chi connectivity index (χ0v) is 12.9. The van der Waals surface area contributed by atoms with E-state index in [0.717, 1.165) is 5.75 Å². The molecule has 0 heterocycles. The second-order valence-electron chi connectivity index (χ2n) is 5.04. The molecule has 0 aliphatic carbocycles. The maximum absolute atomic E-state index is 6.00. The third-order valence-corrected chi connectivity index (χ3v) is 3.61. The van der Waals surface area contributed by atoms with Crippen LogP contribution in [0.5, 0.6) is 5.75 Å². The lowest BCUT2D eigenvalue weighted by atomic mass is 10.0. The van der Waals surface area contributed by atoms with Gasteiger partial charge in [0.2, 0.25) is 0 Å². The molecule has 0 bridgehead atoms. The predicted molar refractivity (Wildman–Crippen MR) is 85.5 cm³/mol. The summed E-state index contributed by atoms with van der Waals surface area (Å²) in [5.41, 5.74) is 2.38. The van der Waals surface area contributed by atoms with Gasteiger partial charge in [-0.15, -0.1) is 0 Å². The minimum absolute atomic E-state index is 0.0728. The van der Waals surface area contributed by atoms with Crippen molar-refractivity contribution in [3.8, 4) is 5.75 Å². The molecule has 112 valence electrons. The maximum atomic E-state index is 6.00. The van der Waals surface area contributed by atoms with Crippen molar-refractivity contribution in [2.24, 2.45) is 0 Å². The standard InChI is InChI=1S/C18H23NO2/c1-14(21-13-15-7-5-4-6-8-15)18(19-2)16-9-11-17(20-3)12-10-16/h4-12,14,18-19H,13H2,1-3H3. The van der Waals surface area contributed by atoms with E-state index >= 15 is 0 Å². The molecule has 0 spiro atoms. The van der Waals surface area contributed by atoms with Gasteiger partial charge in [0, 0.05) is 0 Å². The molecule has 21 heavy (non-hydrogen) atoms. The van der Waals surface area contributed by atoms with Crippen molar-refractivity contribution >= 4 is 0 Å². The maximum Gasteiger partial charge on any atom is 0.118 e. The highest BCUT2D eigenvalue weighted by Crippen LogP contribution is 2.22. The summed E-state index contributed by atoms with van der Waals surface area (Å²) in [5, 5.41) is 3.33. The van der Waals surface area contributed by atoms with Crippen molar-refractivity contribution in [3.63, 3.8) is 0 Å². The third-order valence-electron chi connectivity index (χ3n) is 3.61. The minimum Gasteiger partial charge on any atom is -0.497 e. The number of nitrogens with one attached hydrogen (secondary N) is 1. The number of rotatable bonds is 7. The number of benzene rings is 2. The van der Waals surface area contributed by atoms with Gasteiger partial charge in [0.1, 0.15) is 5.75 Å². The van der Waals surface area contributed by atoms with Crippen LogP contribution in [0.4, 0.5) is 0 Å². The van der Waals surface area contributed by atoms with Crippen molar-refractivity contribution in [1.29, 1.82) is 0 Å². The molecule has 2 rings (SSSR count). The van der Waals surface area contributed by atoms with E-state index < -0.39 is 0 Å². The summed E-state index contributed by atoms with van der Waals surface area (Å²) >= 11 is 0. The van der Waals surface area contributed by atoms with Crippen LogP contribution in [-0.4, -0.2) is 20.3 Å². The molecule has 0 aliphatic rings. The fraction of sp³-hybridized carbons (Fsp3) is 0.333. The van der Waals surface area contributed by atoms with Crippen molar-refractivity contribution in [3.05, 3.63) is 65.7 Å². The van der Waals surface area contributed by atoms with Crippen LogP contribution in [-0.2, 0) is 11.3 Å². The van der Waals surface area contributed by atoms with Crippen LogP contribution in [0.3, 0.4) is 0 Å². The lowest BCUT2D eigenvalue weighted by molar-refractivity contribution is 0.0283. The van der Waals surface area contributed by atoms with Gasteiger partial charge in [0.25, 0.3) is 0 Å². The molecule has 0 saturated heterocycles. The Bertz CT molecular complexity index is 525. The average molecular weight is 285 g/mol. The SMILES string of the molecule is CNC(c1ccc(OC)cc1)C(C)OCc1ccccc1. The molecule has 1 N–H and O–H groups in total. The van der Waals surface area contributed by atoms with Crippen molar-refractivity contribution in [2.45, 2.75) is 25.7 Å². The predicted octanol–water partition coefficient (Wildman–Crippen LogP) is 3.56. The van der Waals surface area contributed by atoms with Crippen LogP contribution in [0.15, 0.2) is 54.6 Å². The number of hydrogen-bond acceptors (Lipinski definition) is 3. The van der Waals surface area contributed by atoms with Crippen molar-refractivity contribution in [1.82, 2.24) is 5.32 Å². The number of ether oxygens (including phenoxy) is 2. The molecule has 0 saturated carbocycles. The Morgan fingerprint density at radius 2 is 1.67 bits per heavy atom. The van der Waals surface area contributed by atoms with Gasteiger partial charge in [-0.1, -0.05) is 42.5 Å². The summed E-state index contributed by atoms with van der Waals surface area (Å²) in [6, 6.07) is 18.5. The highest BCUT2D eigenvalue weighted by Gasteiger charge is 2.18. The van der Waals surface area contributed by atoms with Crippen LogP contribution in [0, 0.1) is 0 Å². The van der Waals surface area contributed by atoms with Crippen LogP contribution >= 0.6 is 0 Å². The summed E-state index contributed by atoms with van der Waals surface area (Å²) in [7, 11) is 3.63. The molecule has 0 aliphatic heterocycles. The van der Waals surface area contributed by atoms with E-state index in [1.54, 1.807) is 7.11 Å². The van der Waals surface area contributed by atoms with Crippen LogP contribution < -0.4 is 10.1 Å². The third kappa shape index (κ3) is 4.31. The van der Waals surface area contributed by atoms with Gasteiger partial charge in [-0.2, -0.15) is 0 Å². The molecule has 2 aromatic rings. The zero-order chi connectivity index (χ0) is 15.1. The Kier molecular flexibility index (Phi) is 5.78. The van der Waals surface area contributed by atoms with Gasteiger partial charge in [0.05, 0.1) is 25.9 Å². The molecule has 3 nitrogen and oxygen atoms in total. The lowest BCUT2D eigenvalue weighted by Crippen LogP contribution is -2.29. The first kappa shape index (κ1) is 15.5. The summed E-state index contributed by atoms with van der Waals surface area (Å²) in [6.45, 7) is 2.71. The molecule has 0 aromatic heterocycles. The first-order valence-electron chi connectivity index (χ1n) is 7.21. The second-order valence-corrected chi connectivity index (χ2v) is 5.04. The number of likely N-dealkylation sites (N-methyl/N-ethyl adjacent to an activating group) is 1. The minimum atomic E-state index is 0.0728. The fourth-order valence-electron chi connectivity index (χ4n) is 2.38. The van der Waals surface area contributed by atoms with E-state index in [2.05, 4.69) is 36.5 Å². The van der Waals surface area contributed by atoms with E-state index in [1.165, 1.54) is 11.1 Å². The van der Waals surface area contributed by atoms with Gasteiger partial charge < -0.3 is 14.8 Å². The van der Waals surface area contributed by atoms with E-state index in [-0.39, 0.29) is 12.1 Å². The normalized spacial score (nSPS) is 13.7. The van der Waals surface area contributed by atoms with Gasteiger partial charge in [0.15, 0.2) is 0 Å². The molecule has 3 heteroatoms. The Morgan fingerprint density at radius 3 is 2.24 bits per heavy atom. The van der Waals surface area contributed by atoms with Gasteiger partial charge in [-0.25, -0.2) is 0 Å². The Balaban J connectivity index is 1.98. The average Bonchev–Trinajstić information content (AvgIpc) is 2.55. The molecular formula is C18H23NO2. The molecule has 0 fully saturated rings. The summed E-state index contributed by atoms with van der Waals surface area (Å²) in [5.74, 6) is 0.867. The van der Waals surface area contributed by atoms with E-state index in [4.69, 9.17) is 9.47 Å². The summed E-state index contributed by atoms with van der Waals surface area (Å²) in [6.07, 6.45) is 0.0728. The zero-order valence-electron chi connectivity index (χ0n) is 12.9. The largest absolute Gasteiger partial charge is 0.497 e. The Hall–Kier alpha value is -1.84. The first-order chi connectivity index (χ1) is 10.2. The number of hydrogen-bond donors (Lipinski definition) is 1. The molecule has 2 aromatic carbocycles. The molecule has 0 amide bonds. The lowest BCUT2D eigenvalue weighted by Gasteiger charge is -2.24. The molecule has 2 unspecified atom stereocenters. The van der Waals surface area contributed by atoms with Crippen LogP contribution in [0.2, 0.25) is 0 Å². The summed E-state index contributed by atoms with van der Waals surface area (Å²) in [4.78, 5) is 0. The molecule has 2 atom stereocenters. The van der Waals surface area contributed by atoms with E-state index in [9.17, 15) is 0 Å². The van der Waals surface area contributed by atoms with Crippen LogP contribution in [0.25, 0.3) is 0 Å². The van der Waals surface area contributed by atoms with Gasteiger partial charge in [-0.3, -0.25) is 0 Å². The first-order valence-corrected chi connectivity index (χ1v) is 7.21. The van der Waals surface area contributed by atoms with Crippen molar-refractivity contribution in [2.75, 3.05) is 14.2 Å². The summed E-state index contributed by atoms with van der Waals surface area (Å²) < 4.78 is 11.2. The van der Waals surface area contributed by atoms with Crippen LogP contribution in [0.1, 0.15) is 24.1 Å². The van der Waals surface area contributed by atoms with Gasteiger partial charge >= 0.3 is 0 Å². The van der Waals surface area contributed by atoms with E-state index in [0.29, 0.717) is 6.61 Å². The monoisotopic (exact) mass is 285 g/mol. The topological polar surface area (TPSA) is 30.5 Å². The fourth-order valence-corrected chi connectivity index (χ4v) is 2.38.